The van der Waals surface area contributed by atoms with Crippen molar-refractivity contribution in [2.45, 2.75) is 13.3 Å². The first-order valence-corrected chi connectivity index (χ1v) is 6.50. The molecule has 100 valence electrons. The van der Waals surface area contributed by atoms with Crippen LogP contribution < -0.4 is 0 Å². The van der Waals surface area contributed by atoms with Crippen LogP contribution >= 0.6 is 23.2 Å². The molecule has 2 aromatic rings. The molecule has 0 fully saturated rings. The third-order valence-corrected chi connectivity index (χ3v) is 3.09. The number of hydrogen-bond acceptors (Lipinski definition) is 3. The average molecular weight is 299 g/mol. The zero-order valence-corrected chi connectivity index (χ0v) is 11.8. The molecular weight excluding hydrogens is 287 g/mol. The Balaban J connectivity index is 2.15. The summed E-state index contributed by atoms with van der Waals surface area (Å²) >= 11 is 12.0. The third kappa shape index (κ3) is 3.49. The van der Waals surface area contributed by atoms with Gasteiger partial charge in [0.05, 0.1) is 12.8 Å². The first-order valence-electron chi connectivity index (χ1n) is 5.75. The lowest BCUT2D eigenvalue weighted by Crippen LogP contribution is -2.05. The Kier molecular flexibility index (Phi) is 4.45. The van der Waals surface area contributed by atoms with Crippen molar-refractivity contribution in [2.75, 3.05) is 6.61 Å². The number of hydrogen-bond donors (Lipinski definition) is 1. The molecule has 0 radical (unpaired) electrons. The van der Waals surface area contributed by atoms with E-state index >= 15 is 0 Å². The number of H-pyrrole nitrogens is 1. The fourth-order valence-electron chi connectivity index (χ4n) is 1.62. The van der Waals surface area contributed by atoms with E-state index in [1.165, 1.54) is 6.20 Å². The number of imidazole rings is 1. The number of nitrogens with zero attached hydrogens (tertiary/aromatic N) is 1. The highest BCUT2D eigenvalue weighted by Gasteiger charge is 2.11. The van der Waals surface area contributed by atoms with Crippen LogP contribution in [0, 0.1) is 0 Å². The number of nitrogens with one attached hydrogen (secondary N) is 1. The molecular formula is C13H12Cl2N2O2. The van der Waals surface area contributed by atoms with Gasteiger partial charge in [-0.2, -0.15) is 0 Å². The van der Waals surface area contributed by atoms with Crippen LogP contribution in [0.15, 0.2) is 24.4 Å². The van der Waals surface area contributed by atoms with E-state index in [0.29, 0.717) is 34.6 Å². The Bertz CT molecular complexity index is 596. The van der Waals surface area contributed by atoms with E-state index in [1.807, 2.05) is 0 Å². The fourth-order valence-corrected chi connectivity index (χ4v) is 2.00. The smallest absolute Gasteiger partial charge is 0.356 e. The molecule has 0 saturated carbocycles. The van der Waals surface area contributed by atoms with Crippen LogP contribution in [0.25, 0.3) is 0 Å². The number of carbonyl (C=O) groups is 1. The first-order chi connectivity index (χ1) is 9.10. The molecule has 19 heavy (non-hydrogen) atoms. The van der Waals surface area contributed by atoms with Gasteiger partial charge in [-0.1, -0.05) is 23.2 Å². The van der Waals surface area contributed by atoms with Gasteiger partial charge >= 0.3 is 5.97 Å². The number of esters is 1. The SMILES string of the molecule is CCOC(=O)c1cnc(Cc2cc(Cl)ccc2Cl)[nH]1. The van der Waals surface area contributed by atoms with Crippen molar-refractivity contribution in [1.82, 2.24) is 9.97 Å². The average Bonchev–Trinajstić information content (AvgIpc) is 2.83. The van der Waals surface area contributed by atoms with E-state index in [-0.39, 0.29) is 0 Å². The molecule has 0 bridgehead atoms. The van der Waals surface area contributed by atoms with E-state index in [1.54, 1.807) is 25.1 Å². The lowest BCUT2D eigenvalue weighted by Gasteiger charge is -2.02. The van der Waals surface area contributed by atoms with E-state index in [2.05, 4.69) is 9.97 Å². The Morgan fingerprint density at radius 2 is 2.21 bits per heavy atom. The van der Waals surface area contributed by atoms with E-state index in [9.17, 15) is 4.79 Å². The number of ether oxygens (including phenoxy) is 1. The standard InChI is InChI=1S/C13H12Cl2N2O2/c1-2-19-13(18)11-7-16-12(17-11)6-8-5-9(14)3-4-10(8)15/h3-5,7H,2,6H2,1H3,(H,16,17). The zero-order valence-electron chi connectivity index (χ0n) is 10.2. The van der Waals surface area contributed by atoms with Crippen molar-refractivity contribution in [2.24, 2.45) is 0 Å². The summed E-state index contributed by atoms with van der Waals surface area (Å²) < 4.78 is 4.88. The van der Waals surface area contributed by atoms with Gasteiger partial charge in [-0.25, -0.2) is 9.78 Å². The lowest BCUT2D eigenvalue weighted by molar-refractivity contribution is 0.0520. The van der Waals surface area contributed by atoms with Gasteiger partial charge < -0.3 is 9.72 Å². The summed E-state index contributed by atoms with van der Waals surface area (Å²) in [6.45, 7) is 2.08. The van der Waals surface area contributed by atoms with E-state index < -0.39 is 5.97 Å². The first kappa shape index (κ1) is 13.9. The topological polar surface area (TPSA) is 55.0 Å². The maximum absolute atomic E-state index is 11.5. The predicted octanol–water partition coefficient (Wildman–Crippen LogP) is 3.48. The molecule has 0 spiro atoms. The van der Waals surface area contributed by atoms with Gasteiger partial charge in [-0.05, 0) is 30.7 Å². The third-order valence-electron chi connectivity index (χ3n) is 2.49. The molecule has 4 nitrogen and oxygen atoms in total. The molecule has 2 rings (SSSR count). The minimum absolute atomic E-state index is 0.327. The zero-order chi connectivity index (χ0) is 13.8. The van der Waals surface area contributed by atoms with Gasteiger partial charge in [0.25, 0.3) is 0 Å². The number of aromatic amines is 1. The van der Waals surface area contributed by atoms with Crippen LogP contribution in [0.5, 0.6) is 0 Å². The maximum Gasteiger partial charge on any atom is 0.356 e. The van der Waals surface area contributed by atoms with Crippen molar-refractivity contribution in [3.63, 3.8) is 0 Å². The molecule has 0 aliphatic heterocycles. The van der Waals surface area contributed by atoms with Gasteiger partial charge in [-0.3, -0.25) is 0 Å². The predicted molar refractivity (Wildman–Crippen MR) is 73.8 cm³/mol. The highest BCUT2D eigenvalue weighted by atomic mass is 35.5. The molecule has 1 aromatic carbocycles. The summed E-state index contributed by atoms with van der Waals surface area (Å²) in [5.74, 6) is 0.214. The van der Waals surface area contributed by atoms with E-state index in [4.69, 9.17) is 27.9 Å². The number of aromatic nitrogens is 2. The van der Waals surface area contributed by atoms with Crippen molar-refractivity contribution in [1.29, 1.82) is 0 Å². The van der Waals surface area contributed by atoms with E-state index in [0.717, 1.165) is 5.56 Å². The van der Waals surface area contributed by atoms with Crippen molar-refractivity contribution < 1.29 is 9.53 Å². The Hall–Kier alpha value is -1.52. The monoisotopic (exact) mass is 298 g/mol. The second kappa shape index (κ2) is 6.08. The molecule has 1 heterocycles. The summed E-state index contributed by atoms with van der Waals surface area (Å²) in [4.78, 5) is 18.5. The summed E-state index contributed by atoms with van der Waals surface area (Å²) in [5, 5.41) is 1.22. The quantitative estimate of drug-likeness (QED) is 0.879. The van der Waals surface area contributed by atoms with Crippen LogP contribution in [0.3, 0.4) is 0 Å². The summed E-state index contributed by atoms with van der Waals surface area (Å²) in [5.41, 5.74) is 1.17. The largest absolute Gasteiger partial charge is 0.461 e. The van der Waals surface area contributed by atoms with Gasteiger partial charge in [0.15, 0.2) is 0 Å². The lowest BCUT2D eigenvalue weighted by atomic mass is 10.1. The molecule has 0 unspecified atom stereocenters. The highest BCUT2D eigenvalue weighted by Crippen LogP contribution is 2.22. The maximum atomic E-state index is 11.5. The second-order valence-electron chi connectivity index (χ2n) is 3.88. The molecule has 0 aliphatic carbocycles. The van der Waals surface area contributed by atoms with Gasteiger partial charge in [-0.15, -0.1) is 0 Å². The molecule has 6 heteroatoms. The molecule has 1 aromatic heterocycles. The molecule has 0 atom stereocenters. The van der Waals surface area contributed by atoms with Crippen molar-refractivity contribution >= 4 is 29.2 Å². The number of halogens is 2. The molecule has 1 N–H and O–H groups in total. The normalized spacial score (nSPS) is 10.5. The second-order valence-corrected chi connectivity index (χ2v) is 4.72. The van der Waals surface area contributed by atoms with Crippen LogP contribution in [0.4, 0.5) is 0 Å². The van der Waals surface area contributed by atoms with Crippen LogP contribution in [-0.2, 0) is 11.2 Å². The Morgan fingerprint density at radius 1 is 1.42 bits per heavy atom. The number of rotatable bonds is 4. The summed E-state index contributed by atoms with van der Waals surface area (Å²) in [6.07, 6.45) is 1.92. The minimum Gasteiger partial charge on any atom is -0.461 e. The summed E-state index contributed by atoms with van der Waals surface area (Å²) in [6, 6.07) is 5.23. The fraction of sp³-hybridized carbons (Fsp3) is 0.231. The van der Waals surface area contributed by atoms with Crippen LogP contribution in [0.1, 0.15) is 28.8 Å². The van der Waals surface area contributed by atoms with Crippen LogP contribution in [0.2, 0.25) is 10.0 Å². The van der Waals surface area contributed by atoms with Crippen LogP contribution in [-0.4, -0.2) is 22.5 Å². The van der Waals surface area contributed by atoms with Crippen molar-refractivity contribution in [3.05, 3.63) is 51.5 Å². The highest BCUT2D eigenvalue weighted by molar-refractivity contribution is 6.33. The Morgan fingerprint density at radius 3 is 2.95 bits per heavy atom. The van der Waals surface area contributed by atoms with Gasteiger partial charge in [0, 0.05) is 16.5 Å². The number of benzene rings is 1. The molecule has 0 aliphatic rings. The molecule has 0 amide bonds. The minimum atomic E-state index is -0.418. The van der Waals surface area contributed by atoms with Gasteiger partial charge in [0.1, 0.15) is 11.5 Å². The molecule has 0 saturated heterocycles. The Labute approximate surface area is 120 Å². The van der Waals surface area contributed by atoms with Gasteiger partial charge in [0.2, 0.25) is 0 Å². The number of carbonyl (C=O) groups excluding carboxylic acids is 1. The van der Waals surface area contributed by atoms with Crippen molar-refractivity contribution in [3.8, 4) is 0 Å². The summed E-state index contributed by atoms with van der Waals surface area (Å²) in [7, 11) is 0.